The summed E-state index contributed by atoms with van der Waals surface area (Å²) in [7, 11) is -3.51. The summed E-state index contributed by atoms with van der Waals surface area (Å²) in [5, 5.41) is 0. The van der Waals surface area contributed by atoms with Gasteiger partial charge in [0.1, 0.15) is 5.82 Å². The van der Waals surface area contributed by atoms with Crippen LogP contribution in [0.1, 0.15) is 5.89 Å². The average molecular weight is 480 g/mol. The highest BCUT2D eigenvalue weighted by Gasteiger charge is 2.29. The third kappa shape index (κ3) is 4.58. The second-order valence-corrected chi connectivity index (χ2v) is 9.62. The number of nitrogens with zero attached hydrogens (tertiary/aromatic N) is 3. The fourth-order valence-corrected chi connectivity index (χ4v) is 5.25. The Morgan fingerprint density at radius 3 is 2.48 bits per heavy atom. The van der Waals surface area contributed by atoms with Gasteiger partial charge in [0.2, 0.25) is 15.9 Å². The van der Waals surface area contributed by atoms with Gasteiger partial charge in [-0.15, -0.1) is 0 Å². The molecule has 0 N–H and O–H groups in total. The molecule has 0 aliphatic carbocycles. The normalized spacial score (nSPS) is 16.2. The van der Waals surface area contributed by atoms with Crippen molar-refractivity contribution in [3.05, 3.63) is 70.9 Å². The Balaban J connectivity index is 1.37. The second-order valence-electron chi connectivity index (χ2n) is 6.76. The minimum atomic E-state index is -3.51. The van der Waals surface area contributed by atoms with Gasteiger partial charge in [-0.25, -0.2) is 17.8 Å². The number of rotatable bonds is 5. The van der Waals surface area contributed by atoms with Crippen molar-refractivity contribution >= 4 is 26.0 Å². The largest absolute Gasteiger partial charge is 0.439 e. The summed E-state index contributed by atoms with van der Waals surface area (Å²) in [5.41, 5.74) is 0.759. The molecule has 1 fully saturated rings. The van der Waals surface area contributed by atoms with Crippen molar-refractivity contribution in [2.75, 3.05) is 26.2 Å². The Hall–Kier alpha value is -2.07. The van der Waals surface area contributed by atoms with E-state index < -0.39 is 10.0 Å². The Morgan fingerprint density at radius 1 is 1.07 bits per heavy atom. The molecule has 3 aromatic rings. The molecule has 0 spiro atoms. The van der Waals surface area contributed by atoms with Crippen LogP contribution in [0.2, 0.25) is 0 Å². The molecule has 6 nitrogen and oxygen atoms in total. The lowest BCUT2D eigenvalue weighted by Crippen LogP contribution is -2.48. The standard InChI is InChI=1S/C20H19BrFN3O3S/c21-16-2-1-3-18(12-16)29(26,27)25-10-8-24(9-11-25)14-20-23-13-19(28-20)15-4-6-17(22)7-5-15/h1-7,12-13H,8-11,14H2. The molecular weight excluding hydrogens is 461 g/mol. The summed E-state index contributed by atoms with van der Waals surface area (Å²) >= 11 is 3.32. The maximum Gasteiger partial charge on any atom is 0.243 e. The number of halogens is 2. The average Bonchev–Trinajstić information content (AvgIpc) is 3.17. The predicted molar refractivity (Wildman–Crippen MR) is 110 cm³/mol. The van der Waals surface area contributed by atoms with E-state index in [1.165, 1.54) is 16.4 Å². The van der Waals surface area contributed by atoms with E-state index in [-0.39, 0.29) is 10.7 Å². The van der Waals surface area contributed by atoms with Crippen LogP contribution in [-0.4, -0.2) is 48.8 Å². The highest BCUT2D eigenvalue weighted by atomic mass is 79.9. The first-order chi connectivity index (χ1) is 13.9. The first kappa shape index (κ1) is 20.2. The van der Waals surface area contributed by atoms with Crippen LogP contribution in [-0.2, 0) is 16.6 Å². The molecule has 0 atom stereocenters. The van der Waals surface area contributed by atoms with E-state index in [2.05, 4.69) is 25.8 Å². The summed E-state index contributed by atoms with van der Waals surface area (Å²) in [6.45, 7) is 2.47. The lowest BCUT2D eigenvalue weighted by atomic mass is 10.2. The molecule has 0 bridgehead atoms. The summed E-state index contributed by atoms with van der Waals surface area (Å²) in [6.07, 6.45) is 1.62. The van der Waals surface area contributed by atoms with Gasteiger partial charge in [-0.1, -0.05) is 22.0 Å². The van der Waals surface area contributed by atoms with Crippen molar-refractivity contribution in [2.45, 2.75) is 11.4 Å². The van der Waals surface area contributed by atoms with Crippen LogP contribution < -0.4 is 0 Å². The Kier molecular flexibility index (Phi) is 5.82. The van der Waals surface area contributed by atoms with Crippen LogP contribution in [0, 0.1) is 5.82 Å². The van der Waals surface area contributed by atoms with E-state index in [4.69, 9.17) is 4.42 Å². The Morgan fingerprint density at radius 2 is 1.79 bits per heavy atom. The molecule has 29 heavy (non-hydrogen) atoms. The molecule has 9 heteroatoms. The van der Waals surface area contributed by atoms with Gasteiger partial charge < -0.3 is 4.42 Å². The van der Waals surface area contributed by atoms with Crippen LogP contribution in [0.3, 0.4) is 0 Å². The van der Waals surface area contributed by atoms with Gasteiger partial charge in [-0.2, -0.15) is 4.31 Å². The van der Waals surface area contributed by atoms with Gasteiger partial charge in [0.15, 0.2) is 5.76 Å². The lowest BCUT2D eigenvalue weighted by Gasteiger charge is -2.33. The van der Waals surface area contributed by atoms with Crippen LogP contribution >= 0.6 is 15.9 Å². The molecule has 1 saturated heterocycles. The van der Waals surface area contributed by atoms with Crippen molar-refractivity contribution < 1.29 is 17.2 Å². The molecule has 2 aromatic carbocycles. The van der Waals surface area contributed by atoms with Crippen molar-refractivity contribution in [1.82, 2.24) is 14.2 Å². The monoisotopic (exact) mass is 479 g/mol. The van der Waals surface area contributed by atoms with Crippen LogP contribution in [0.5, 0.6) is 0 Å². The van der Waals surface area contributed by atoms with E-state index in [9.17, 15) is 12.8 Å². The molecule has 1 aromatic heterocycles. The molecule has 0 radical (unpaired) electrons. The van der Waals surface area contributed by atoms with Gasteiger partial charge in [0.25, 0.3) is 0 Å². The predicted octanol–water partition coefficient (Wildman–Crippen LogP) is 3.75. The number of hydrogen-bond acceptors (Lipinski definition) is 5. The fourth-order valence-electron chi connectivity index (χ4n) is 3.23. The topological polar surface area (TPSA) is 66.7 Å². The summed E-state index contributed by atoms with van der Waals surface area (Å²) < 4.78 is 46.7. The van der Waals surface area contributed by atoms with Gasteiger partial charge in [-0.05, 0) is 42.5 Å². The van der Waals surface area contributed by atoms with Crippen molar-refractivity contribution in [1.29, 1.82) is 0 Å². The van der Waals surface area contributed by atoms with Gasteiger partial charge >= 0.3 is 0 Å². The third-order valence-electron chi connectivity index (χ3n) is 4.81. The fraction of sp³-hybridized carbons (Fsp3) is 0.250. The molecule has 1 aliphatic rings. The minimum Gasteiger partial charge on any atom is -0.439 e. The maximum absolute atomic E-state index is 13.1. The molecule has 0 amide bonds. The molecule has 4 rings (SSSR count). The zero-order valence-corrected chi connectivity index (χ0v) is 17.9. The van der Waals surface area contributed by atoms with Crippen LogP contribution in [0.25, 0.3) is 11.3 Å². The molecule has 0 unspecified atom stereocenters. The lowest BCUT2D eigenvalue weighted by molar-refractivity contribution is 0.168. The first-order valence-corrected chi connectivity index (χ1v) is 11.3. The Bertz CT molecular complexity index is 1090. The minimum absolute atomic E-state index is 0.289. The van der Waals surface area contributed by atoms with Crippen molar-refractivity contribution in [3.63, 3.8) is 0 Å². The van der Waals surface area contributed by atoms with Crippen LogP contribution in [0.15, 0.2) is 68.5 Å². The highest BCUT2D eigenvalue weighted by molar-refractivity contribution is 9.10. The van der Waals surface area contributed by atoms with E-state index >= 15 is 0 Å². The summed E-state index contributed by atoms with van der Waals surface area (Å²) in [5.74, 6) is 0.827. The van der Waals surface area contributed by atoms with Gasteiger partial charge in [0.05, 0.1) is 17.6 Å². The maximum atomic E-state index is 13.1. The number of hydrogen-bond donors (Lipinski definition) is 0. The van der Waals surface area contributed by atoms with Crippen molar-refractivity contribution in [2.24, 2.45) is 0 Å². The van der Waals surface area contributed by atoms with E-state index in [0.29, 0.717) is 44.4 Å². The molecule has 152 valence electrons. The zero-order chi connectivity index (χ0) is 20.4. The zero-order valence-electron chi connectivity index (χ0n) is 15.5. The molecule has 1 aliphatic heterocycles. The van der Waals surface area contributed by atoms with E-state index in [1.54, 1.807) is 42.6 Å². The highest BCUT2D eigenvalue weighted by Crippen LogP contribution is 2.23. The quantitative estimate of drug-likeness (QED) is 0.557. The number of aromatic nitrogens is 1. The molecule has 2 heterocycles. The second kappa shape index (κ2) is 8.35. The Labute approximate surface area is 177 Å². The number of piperazine rings is 1. The smallest absolute Gasteiger partial charge is 0.243 e. The van der Waals surface area contributed by atoms with Crippen molar-refractivity contribution in [3.8, 4) is 11.3 Å². The number of oxazole rings is 1. The van der Waals surface area contributed by atoms with Crippen LogP contribution in [0.4, 0.5) is 4.39 Å². The number of sulfonamides is 1. The summed E-state index contributed by atoms with van der Waals surface area (Å²) in [4.78, 5) is 6.69. The number of benzene rings is 2. The van der Waals surface area contributed by atoms with E-state index in [1.807, 2.05) is 0 Å². The van der Waals surface area contributed by atoms with Gasteiger partial charge in [0, 0.05) is 36.2 Å². The molecular formula is C20H19BrFN3O3S. The SMILES string of the molecule is O=S(=O)(c1cccc(Br)c1)N1CCN(Cc2ncc(-c3ccc(F)cc3)o2)CC1. The van der Waals surface area contributed by atoms with E-state index in [0.717, 1.165) is 10.0 Å². The van der Waals surface area contributed by atoms with Gasteiger partial charge in [-0.3, -0.25) is 4.90 Å². The molecule has 0 saturated carbocycles. The summed E-state index contributed by atoms with van der Waals surface area (Å²) in [6, 6.07) is 12.8. The third-order valence-corrected chi connectivity index (χ3v) is 7.19. The first-order valence-electron chi connectivity index (χ1n) is 9.10.